The first-order valence-electron chi connectivity index (χ1n) is 7.90. The van der Waals surface area contributed by atoms with Crippen LogP contribution in [0, 0.1) is 0 Å². The van der Waals surface area contributed by atoms with E-state index in [9.17, 15) is 4.79 Å². The van der Waals surface area contributed by atoms with E-state index in [0.717, 1.165) is 15.6 Å². The maximum absolute atomic E-state index is 12.5. The first-order chi connectivity index (χ1) is 12.2. The molecule has 0 heterocycles. The molecule has 0 amide bonds. The van der Waals surface area contributed by atoms with Gasteiger partial charge >= 0.3 is 5.97 Å². The number of halogens is 1. The summed E-state index contributed by atoms with van der Waals surface area (Å²) in [6.07, 6.45) is 0. The van der Waals surface area contributed by atoms with E-state index in [0.29, 0.717) is 17.9 Å². The van der Waals surface area contributed by atoms with E-state index in [1.165, 1.54) is 0 Å². The van der Waals surface area contributed by atoms with Gasteiger partial charge in [-0.1, -0.05) is 76.6 Å². The first-order valence-corrected chi connectivity index (χ1v) is 8.69. The highest BCUT2D eigenvalue weighted by atomic mass is 79.9. The van der Waals surface area contributed by atoms with Crippen molar-refractivity contribution in [1.82, 2.24) is 0 Å². The van der Waals surface area contributed by atoms with Crippen molar-refractivity contribution in [3.63, 3.8) is 0 Å². The van der Waals surface area contributed by atoms with Crippen molar-refractivity contribution < 1.29 is 14.3 Å². The smallest absolute Gasteiger partial charge is 0.342 e. The minimum atomic E-state index is -0.409. The van der Waals surface area contributed by atoms with Crippen molar-refractivity contribution in [1.29, 1.82) is 0 Å². The minimum absolute atomic E-state index is 0.226. The van der Waals surface area contributed by atoms with E-state index in [2.05, 4.69) is 15.9 Å². The van der Waals surface area contributed by atoms with Gasteiger partial charge in [0.05, 0.1) is 0 Å². The quantitative estimate of drug-likeness (QED) is 0.524. The fourth-order valence-electron chi connectivity index (χ4n) is 2.32. The number of ether oxygens (including phenoxy) is 2. The summed E-state index contributed by atoms with van der Waals surface area (Å²) in [5.41, 5.74) is 2.38. The number of benzene rings is 3. The number of carbonyl (C=O) groups excluding carboxylic acids is 1. The monoisotopic (exact) mass is 396 g/mol. The Morgan fingerprint density at radius 1 is 0.800 bits per heavy atom. The molecule has 0 unspecified atom stereocenters. The summed E-state index contributed by atoms with van der Waals surface area (Å²) in [7, 11) is 0. The van der Waals surface area contributed by atoms with Crippen LogP contribution in [0.3, 0.4) is 0 Å². The van der Waals surface area contributed by atoms with Crippen molar-refractivity contribution >= 4 is 21.9 Å². The Balaban J connectivity index is 1.70. The second kappa shape index (κ2) is 8.49. The number of hydrogen-bond acceptors (Lipinski definition) is 3. The summed E-state index contributed by atoms with van der Waals surface area (Å²) in [4.78, 5) is 12.5. The average molecular weight is 397 g/mol. The van der Waals surface area contributed by atoms with Gasteiger partial charge in [0.25, 0.3) is 0 Å². The molecular weight excluding hydrogens is 380 g/mol. The van der Waals surface area contributed by atoms with Crippen molar-refractivity contribution in [2.45, 2.75) is 13.2 Å². The van der Waals surface area contributed by atoms with Crippen molar-refractivity contribution in [3.05, 3.63) is 100 Å². The molecule has 0 aliphatic rings. The first kappa shape index (κ1) is 17.2. The third-order valence-corrected chi connectivity index (χ3v) is 4.10. The minimum Gasteiger partial charge on any atom is -0.488 e. The van der Waals surface area contributed by atoms with Crippen LogP contribution in [0.25, 0.3) is 0 Å². The second-order valence-electron chi connectivity index (χ2n) is 5.48. The zero-order valence-electron chi connectivity index (χ0n) is 13.5. The topological polar surface area (TPSA) is 35.5 Å². The van der Waals surface area contributed by atoms with Gasteiger partial charge in [0.1, 0.15) is 24.5 Å². The highest BCUT2D eigenvalue weighted by molar-refractivity contribution is 9.10. The Morgan fingerprint density at radius 2 is 1.40 bits per heavy atom. The van der Waals surface area contributed by atoms with Gasteiger partial charge in [0.15, 0.2) is 0 Å². The Kier molecular flexibility index (Phi) is 5.86. The molecule has 3 nitrogen and oxygen atoms in total. The van der Waals surface area contributed by atoms with Gasteiger partial charge in [-0.05, 0) is 29.3 Å². The van der Waals surface area contributed by atoms with Gasteiger partial charge in [-0.3, -0.25) is 0 Å². The van der Waals surface area contributed by atoms with E-state index in [1.54, 1.807) is 12.1 Å². The number of rotatable bonds is 6. The summed E-state index contributed by atoms with van der Waals surface area (Å²) in [5, 5.41) is 0. The molecule has 0 aliphatic carbocycles. The zero-order chi connectivity index (χ0) is 17.5. The second-order valence-corrected chi connectivity index (χ2v) is 6.39. The molecule has 3 aromatic rings. The maximum Gasteiger partial charge on any atom is 0.342 e. The van der Waals surface area contributed by atoms with Crippen molar-refractivity contribution in [3.8, 4) is 5.75 Å². The molecule has 0 aliphatic heterocycles. The molecule has 0 spiro atoms. The normalized spacial score (nSPS) is 10.3. The molecule has 0 fully saturated rings. The average Bonchev–Trinajstić information content (AvgIpc) is 2.66. The molecule has 3 aromatic carbocycles. The number of esters is 1. The highest BCUT2D eigenvalue weighted by Crippen LogP contribution is 2.25. The van der Waals surface area contributed by atoms with E-state index in [-0.39, 0.29) is 6.61 Å². The lowest BCUT2D eigenvalue weighted by Crippen LogP contribution is -2.08. The van der Waals surface area contributed by atoms with Crippen LogP contribution in [0.2, 0.25) is 0 Å². The fraction of sp³-hybridized carbons (Fsp3) is 0.0952. The molecule has 0 radical (unpaired) electrons. The summed E-state index contributed by atoms with van der Waals surface area (Å²) in [6.45, 7) is 0.617. The number of carbonyl (C=O) groups is 1. The molecule has 0 N–H and O–H groups in total. The van der Waals surface area contributed by atoms with Crippen LogP contribution in [0.5, 0.6) is 5.75 Å². The molecule has 0 bridgehead atoms. The largest absolute Gasteiger partial charge is 0.488 e. The molecule has 126 valence electrons. The van der Waals surface area contributed by atoms with E-state index < -0.39 is 5.97 Å². The third kappa shape index (κ3) is 4.94. The van der Waals surface area contributed by atoms with Crippen LogP contribution in [0.15, 0.2) is 83.3 Å². The summed E-state index contributed by atoms with van der Waals surface area (Å²) < 4.78 is 12.0. The van der Waals surface area contributed by atoms with E-state index in [4.69, 9.17) is 9.47 Å². The van der Waals surface area contributed by atoms with Crippen LogP contribution < -0.4 is 4.74 Å². The number of hydrogen-bond donors (Lipinski definition) is 0. The third-order valence-electron chi connectivity index (χ3n) is 3.61. The molecule has 0 atom stereocenters. The Bertz CT molecular complexity index is 832. The van der Waals surface area contributed by atoms with Crippen LogP contribution >= 0.6 is 15.9 Å². The standard InChI is InChI=1S/C21H17BrO3/c22-18-11-12-20(24-14-16-7-3-1-4-8-16)19(13-18)21(23)25-15-17-9-5-2-6-10-17/h1-13H,14-15H2. The van der Waals surface area contributed by atoms with Gasteiger partial charge in [0, 0.05) is 4.47 Å². The van der Waals surface area contributed by atoms with Crippen molar-refractivity contribution in [2.24, 2.45) is 0 Å². The molecule has 0 aromatic heterocycles. The maximum atomic E-state index is 12.5. The molecule has 4 heteroatoms. The van der Waals surface area contributed by atoms with E-state index in [1.807, 2.05) is 66.7 Å². The molecule has 25 heavy (non-hydrogen) atoms. The van der Waals surface area contributed by atoms with Crippen LogP contribution in [-0.2, 0) is 18.0 Å². The Hall–Kier alpha value is -2.59. The van der Waals surface area contributed by atoms with Crippen LogP contribution in [0.1, 0.15) is 21.5 Å². The molecular formula is C21H17BrO3. The zero-order valence-corrected chi connectivity index (χ0v) is 15.1. The molecule has 0 saturated heterocycles. The van der Waals surface area contributed by atoms with Gasteiger partial charge in [-0.15, -0.1) is 0 Å². The highest BCUT2D eigenvalue weighted by Gasteiger charge is 2.15. The lowest BCUT2D eigenvalue weighted by Gasteiger charge is -2.12. The Labute approximate surface area is 155 Å². The molecule has 3 rings (SSSR count). The van der Waals surface area contributed by atoms with Gasteiger partial charge in [-0.2, -0.15) is 0 Å². The van der Waals surface area contributed by atoms with E-state index >= 15 is 0 Å². The summed E-state index contributed by atoms with van der Waals surface area (Å²) >= 11 is 3.39. The van der Waals surface area contributed by atoms with Crippen molar-refractivity contribution in [2.75, 3.05) is 0 Å². The summed E-state index contributed by atoms with van der Waals surface area (Å²) in [5.74, 6) is 0.0957. The Morgan fingerprint density at radius 3 is 2.04 bits per heavy atom. The van der Waals surface area contributed by atoms with Crippen LogP contribution in [0.4, 0.5) is 0 Å². The predicted molar refractivity (Wildman–Crippen MR) is 100 cm³/mol. The fourth-order valence-corrected chi connectivity index (χ4v) is 2.68. The molecule has 0 saturated carbocycles. The van der Waals surface area contributed by atoms with Gasteiger partial charge < -0.3 is 9.47 Å². The van der Waals surface area contributed by atoms with Crippen LogP contribution in [-0.4, -0.2) is 5.97 Å². The predicted octanol–water partition coefficient (Wildman–Crippen LogP) is 5.39. The SMILES string of the molecule is O=C(OCc1ccccc1)c1cc(Br)ccc1OCc1ccccc1. The lowest BCUT2D eigenvalue weighted by molar-refractivity contribution is 0.0467. The van der Waals surface area contributed by atoms with Gasteiger partial charge in [-0.25, -0.2) is 4.79 Å². The summed E-state index contributed by atoms with van der Waals surface area (Å²) in [6, 6.07) is 24.7. The van der Waals surface area contributed by atoms with Gasteiger partial charge in [0.2, 0.25) is 0 Å². The lowest BCUT2D eigenvalue weighted by atomic mass is 10.2.